The summed E-state index contributed by atoms with van der Waals surface area (Å²) in [7, 11) is 1.78. The molecule has 14 nitrogen and oxygen atoms in total. The Morgan fingerprint density at radius 3 is 2.15 bits per heavy atom. The van der Waals surface area contributed by atoms with Gasteiger partial charge in [-0.25, -0.2) is 0 Å². The highest BCUT2D eigenvalue weighted by molar-refractivity contribution is 5.76. The fourth-order valence-electron chi connectivity index (χ4n) is 4.25. The molecule has 14 heteroatoms. The Labute approximate surface area is 243 Å². The number of unbranched alkanes of at least 4 members (excludes halogenated alkanes) is 2. The zero-order valence-electron chi connectivity index (χ0n) is 24.5. The van der Waals surface area contributed by atoms with Gasteiger partial charge in [0.25, 0.3) is 0 Å². The molecule has 1 saturated heterocycles. The molecule has 0 bridgehead atoms. The lowest BCUT2D eigenvalue weighted by molar-refractivity contribution is -0.127. The normalized spacial score (nSPS) is 18.9. The first-order valence-corrected chi connectivity index (χ1v) is 14.6. The van der Waals surface area contributed by atoms with Crippen LogP contribution in [0.25, 0.3) is 0 Å². The van der Waals surface area contributed by atoms with Crippen LogP contribution in [0.15, 0.2) is 0 Å². The van der Waals surface area contributed by atoms with Gasteiger partial charge in [-0.3, -0.25) is 9.59 Å². The van der Waals surface area contributed by atoms with Gasteiger partial charge in [0.2, 0.25) is 11.8 Å². The highest BCUT2D eigenvalue weighted by Gasteiger charge is 2.30. The predicted molar refractivity (Wildman–Crippen MR) is 149 cm³/mol. The summed E-state index contributed by atoms with van der Waals surface area (Å²) in [5.74, 6) is -0.387. The maximum Gasteiger partial charge on any atom is 0.222 e. The zero-order valence-corrected chi connectivity index (χ0v) is 24.5. The van der Waals surface area contributed by atoms with Crippen molar-refractivity contribution in [1.82, 2.24) is 15.5 Å². The topological polar surface area (TPSA) is 200 Å². The lowest BCUT2D eigenvalue weighted by Gasteiger charge is -2.31. The molecule has 0 aromatic carbocycles. The van der Waals surface area contributed by atoms with Crippen molar-refractivity contribution in [2.24, 2.45) is 0 Å². The third-order valence-corrected chi connectivity index (χ3v) is 6.79. The highest BCUT2D eigenvalue weighted by Crippen LogP contribution is 2.13. The molecule has 1 aliphatic rings. The molecule has 41 heavy (non-hydrogen) atoms. The Kier molecular flexibility index (Phi) is 22.0. The van der Waals surface area contributed by atoms with Gasteiger partial charge in [-0.15, -0.1) is 0 Å². The molecule has 0 aliphatic carbocycles. The predicted octanol–water partition coefficient (Wildman–Crippen LogP) is -2.23. The van der Waals surface area contributed by atoms with Crippen LogP contribution in [-0.2, 0) is 28.5 Å². The second-order valence-corrected chi connectivity index (χ2v) is 10.2. The van der Waals surface area contributed by atoms with Gasteiger partial charge in [0.15, 0.2) is 0 Å². The van der Waals surface area contributed by atoms with Crippen molar-refractivity contribution in [2.75, 3.05) is 86.1 Å². The molecule has 0 aromatic heterocycles. The number of hydrogen-bond donors (Lipinski definition) is 7. The second kappa shape index (κ2) is 24.0. The van der Waals surface area contributed by atoms with Gasteiger partial charge in [0.1, 0.15) is 18.3 Å². The molecular formula is C27H53N3O11. The summed E-state index contributed by atoms with van der Waals surface area (Å²) in [5, 5.41) is 52.3. The van der Waals surface area contributed by atoms with E-state index < -0.39 is 36.9 Å². The van der Waals surface area contributed by atoms with Crippen LogP contribution < -0.4 is 10.6 Å². The molecule has 0 saturated carbocycles. The number of rotatable bonds is 25. The number of methoxy groups -OCH3 is 1. The Morgan fingerprint density at radius 1 is 0.829 bits per heavy atom. The van der Waals surface area contributed by atoms with Crippen molar-refractivity contribution in [3.8, 4) is 0 Å². The number of nitrogens with one attached hydrogen (secondary N) is 2. The van der Waals surface area contributed by atoms with E-state index in [1.54, 1.807) is 7.11 Å². The summed E-state index contributed by atoms with van der Waals surface area (Å²) in [6.45, 7) is 4.44. The van der Waals surface area contributed by atoms with Crippen molar-refractivity contribution < 1.29 is 54.1 Å². The van der Waals surface area contributed by atoms with Crippen molar-refractivity contribution in [3.05, 3.63) is 0 Å². The van der Waals surface area contributed by atoms with E-state index in [-0.39, 0.29) is 32.1 Å². The summed E-state index contributed by atoms with van der Waals surface area (Å²) >= 11 is 0. The van der Waals surface area contributed by atoms with Crippen molar-refractivity contribution in [3.63, 3.8) is 0 Å². The first-order valence-electron chi connectivity index (χ1n) is 14.6. The van der Waals surface area contributed by atoms with Crippen LogP contribution in [0, 0.1) is 0 Å². The summed E-state index contributed by atoms with van der Waals surface area (Å²) in [6.07, 6.45) is -0.354. The van der Waals surface area contributed by atoms with Crippen LogP contribution in [0.3, 0.4) is 0 Å². The lowest BCUT2D eigenvalue weighted by Crippen LogP contribution is -2.49. The molecule has 0 aromatic rings. The largest absolute Gasteiger partial charge is 0.394 e. The van der Waals surface area contributed by atoms with Gasteiger partial charge < -0.3 is 60.0 Å². The summed E-state index contributed by atoms with van der Waals surface area (Å²) in [6, 6.07) is 0. The Bertz CT molecular complexity index is 676. The standard InChI is InChI=1S/C27H53N3O11/c1-38-21-6-5-11-30(19-21)10-4-2-3-7-24(34)28-9-13-40-15-17-41-16-14-39-12-8-25(35)29-18-22(32)26(36)27(37)23(33)20-31/h21-23,26-27,31-33,36-37H,2-20H2,1H3,(H,28,34)(H,29,35)/t21-,22+,23-,26-,27-/m1/s1. The fraction of sp³-hybridized carbons (Fsp3) is 0.926. The molecule has 0 unspecified atom stereocenters. The number of aliphatic hydroxyl groups is 5. The minimum absolute atomic E-state index is 0.0212. The molecule has 0 spiro atoms. The van der Waals surface area contributed by atoms with E-state index in [2.05, 4.69) is 15.5 Å². The van der Waals surface area contributed by atoms with Gasteiger partial charge in [-0.1, -0.05) is 6.42 Å². The van der Waals surface area contributed by atoms with E-state index in [1.165, 1.54) is 6.42 Å². The molecule has 1 fully saturated rings. The van der Waals surface area contributed by atoms with Crippen molar-refractivity contribution in [2.45, 2.75) is 75.5 Å². The van der Waals surface area contributed by atoms with Gasteiger partial charge >= 0.3 is 0 Å². The Balaban J connectivity index is 1.85. The summed E-state index contributed by atoms with van der Waals surface area (Å²) in [5.41, 5.74) is 0. The van der Waals surface area contributed by atoms with E-state index in [0.717, 1.165) is 45.3 Å². The van der Waals surface area contributed by atoms with Gasteiger partial charge in [0, 0.05) is 39.6 Å². The van der Waals surface area contributed by atoms with Crippen molar-refractivity contribution in [1.29, 1.82) is 0 Å². The monoisotopic (exact) mass is 595 g/mol. The highest BCUT2D eigenvalue weighted by atomic mass is 16.5. The molecular weight excluding hydrogens is 542 g/mol. The smallest absolute Gasteiger partial charge is 0.222 e. The number of hydrogen-bond acceptors (Lipinski definition) is 12. The fourth-order valence-corrected chi connectivity index (χ4v) is 4.25. The second-order valence-electron chi connectivity index (χ2n) is 10.2. The zero-order chi connectivity index (χ0) is 30.3. The maximum absolute atomic E-state index is 11.9. The molecule has 0 radical (unpaired) electrons. The molecule has 7 N–H and O–H groups in total. The number of aliphatic hydroxyl groups excluding tert-OH is 5. The number of likely N-dealkylation sites (tertiary alicyclic amines) is 1. The number of amides is 2. The molecule has 1 aliphatic heterocycles. The SMILES string of the molecule is CO[C@@H]1CCCN(CCCCCC(=O)NCCOCCOCCOCCC(=O)NC[C@H](O)[C@@H](O)[C@H](O)[C@H](O)CO)C1. The first kappa shape index (κ1) is 37.6. The quantitative estimate of drug-likeness (QED) is 0.0561. The summed E-state index contributed by atoms with van der Waals surface area (Å²) < 4.78 is 21.6. The van der Waals surface area contributed by atoms with Crippen LogP contribution >= 0.6 is 0 Å². The van der Waals surface area contributed by atoms with Crippen LogP contribution in [-0.4, -0.2) is 159 Å². The number of piperidine rings is 1. The molecule has 5 atom stereocenters. The van der Waals surface area contributed by atoms with E-state index in [1.807, 2.05) is 0 Å². The van der Waals surface area contributed by atoms with Gasteiger partial charge in [-0.05, 0) is 38.8 Å². The van der Waals surface area contributed by atoms with Crippen LogP contribution in [0.2, 0.25) is 0 Å². The number of carbonyl (C=O) groups is 2. The van der Waals surface area contributed by atoms with E-state index in [9.17, 15) is 30.0 Å². The maximum atomic E-state index is 11.9. The third-order valence-electron chi connectivity index (χ3n) is 6.79. The van der Waals surface area contributed by atoms with Gasteiger partial charge in [0.05, 0.1) is 58.5 Å². The van der Waals surface area contributed by atoms with E-state index in [0.29, 0.717) is 45.5 Å². The van der Waals surface area contributed by atoms with Crippen LogP contribution in [0.4, 0.5) is 0 Å². The Morgan fingerprint density at radius 2 is 1.46 bits per heavy atom. The average Bonchev–Trinajstić information content (AvgIpc) is 2.98. The average molecular weight is 596 g/mol. The van der Waals surface area contributed by atoms with Crippen LogP contribution in [0.5, 0.6) is 0 Å². The minimum Gasteiger partial charge on any atom is -0.394 e. The van der Waals surface area contributed by atoms with Crippen LogP contribution in [0.1, 0.15) is 44.9 Å². The summed E-state index contributed by atoms with van der Waals surface area (Å²) in [4.78, 5) is 26.2. The molecule has 2 amide bonds. The number of carbonyl (C=O) groups excluding carboxylic acids is 2. The Hall–Kier alpha value is -1.46. The van der Waals surface area contributed by atoms with E-state index in [4.69, 9.17) is 24.1 Å². The molecule has 1 heterocycles. The molecule has 1 rings (SSSR count). The minimum atomic E-state index is -1.74. The van der Waals surface area contributed by atoms with Crippen molar-refractivity contribution >= 4 is 11.8 Å². The lowest BCUT2D eigenvalue weighted by atomic mass is 10.0. The van der Waals surface area contributed by atoms with Gasteiger partial charge in [-0.2, -0.15) is 0 Å². The first-order chi connectivity index (χ1) is 19.8. The third kappa shape index (κ3) is 18.6. The number of ether oxygens (including phenoxy) is 4. The van der Waals surface area contributed by atoms with E-state index >= 15 is 0 Å². The number of nitrogens with zero attached hydrogens (tertiary/aromatic N) is 1. The molecule has 242 valence electrons.